The van der Waals surface area contributed by atoms with Gasteiger partial charge in [0.15, 0.2) is 5.78 Å². The van der Waals surface area contributed by atoms with Gasteiger partial charge in [-0.25, -0.2) is 0 Å². The summed E-state index contributed by atoms with van der Waals surface area (Å²) >= 11 is 0. The molecule has 1 unspecified atom stereocenters. The number of carbonyl (C=O) groups excluding carboxylic acids is 4. The quantitative estimate of drug-likeness (QED) is 0.327. The molecule has 0 saturated carbocycles. The Hall–Kier alpha value is -2.82. The van der Waals surface area contributed by atoms with Crippen molar-refractivity contribution in [2.24, 2.45) is 5.92 Å². The van der Waals surface area contributed by atoms with Crippen molar-refractivity contribution in [1.82, 2.24) is 5.32 Å². The van der Waals surface area contributed by atoms with E-state index in [1.54, 1.807) is 6.92 Å². The standard InChI is InChI=1S/C20H25NO2.C10H18O2/c1-3-8-19(22)18-12-11-15(13-16(18)4-2)14-20(23)21-17-9-6-5-7-10-17;1-4-5-10(12)7-6-8(2)9(3)11/h6,9-13H,3-5,7-8,14H2,1-2H3,(H,21,23);8H,4-7H2,1-3H3. The lowest BCUT2D eigenvalue weighted by Crippen LogP contribution is -2.24. The molecule has 1 N–H and O–H groups in total. The van der Waals surface area contributed by atoms with Gasteiger partial charge in [-0.2, -0.15) is 0 Å². The summed E-state index contributed by atoms with van der Waals surface area (Å²) < 4.78 is 0. The Bertz CT molecular complexity index is 926. The van der Waals surface area contributed by atoms with Crippen molar-refractivity contribution in [2.75, 3.05) is 0 Å². The van der Waals surface area contributed by atoms with Gasteiger partial charge >= 0.3 is 0 Å². The molecule has 5 heteroatoms. The topological polar surface area (TPSA) is 80.3 Å². The first-order chi connectivity index (χ1) is 16.7. The van der Waals surface area contributed by atoms with Gasteiger partial charge in [-0.05, 0) is 62.7 Å². The average molecular weight is 482 g/mol. The molecule has 5 nitrogen and oxygen atoms in total. The number of hydrogen-bond acceptors (Lipinski definition) is 4. The number of nitrogens with one attached hydrogen (secondary N) is 1. The third kappa shape index (κ3) is 11.9. The molecule has 0 bridgehead atoms. The first kappa shape index (κ1) is 30.2. The number of benzene rings is 1. The highest BCUT2D eigenvalue weighted by molar-refractivity contribution is 5.97. The second-order valence-corrected chi connectivity index (χ2v) is 9.22. The Morgan fingerprint density at radius 3 is 2.26 bits per heavy atom. The van der Waals surface area contributed by atoms with Crippen molar-refractivity contribution in [2.45, 2.75) is 98.8 Å². The van der Waals surface area contributed by atoms with Crippen LogP contribution in [0.25, 0.3) is 0 Å². The fourth-order valence-electron chi connectivity index (χ4n) is 3.76. The smallest absolute Gasteiger partial charge is 0.228 e. The molecule has 0 saturated heterocycles. The number of hydrogen-bond donors (Lipinski definition) is 1. The molecule has 1 amide bonds. The molecule has 1 aliphatic rings. The third-order valence-corrected chi connectivity index (χ3v) is 6.05. The highest BCUT2D eigenvalue weighted by Gasteiger charge is 2.12. The van der Waals surface area contributed by atoms with Gasteiger partial charge in [0.2, 0.25) is 5.91 Å². The summed E-state index contributed by atoms with van der Waals surface area (Å²) in [4.78, 5) is 46.1. The fraction of sp³-hybridized carbons (Fsp3) is 0.533. The van der Waals surface area contributed by atoms with Crippen molar-refractivity contribution < 1.29 is 19.2 Å². The first-order valence-electron chi connectivity index (χ1n) is 13.0. The van der Waals surface area contributed by atoms with Crippen LogP contribution >= 0.6 is 0 Å². The van der Waals surface area contributed by atoms with E-state index in [4.69, 9.17) is 0 Å². The van der Waals surface area contributed by atoms with Crippen molar-refractivity contribution in [1.29, 1.82) is 0 Å². The molecular formula is C30H43NO4. The monoisotopic (exact) mass is 481 g/mol. The minimum atomic E-state index is -0.0162. The van der Waals surface area contributed by atoms with Crippen LogP contribution in [0.15, 0.2) is 42.1 Å². The van der Waals surface area contributed by atoms with Crippen molar-refractivity contribution in [3.8, 4) is 0 Å². The van der Waals surface area contributed by atoms with Crippen LogP contribution in [0.3, 0.4) is 0 Å². The summed E-state index contributed by atoms with van der Waals surface area (Å²) in [5, 5.41) is 2.93. The van der Waals surface area contributed by atoms with E-state index in [2.05, 4.69) is 11.4 Å². The minimum absolute atomic E-state index is 0.0162. The Kier molecular flexibility index (Phi) is 14.5. The summed E-state index contributed by atoms with van der Waals surface area (Å²) in [5.74, 6) is 0.686. The molecule has 1 aromatic rings. The van der Waals surface area contributed by atoms with E-state index in [-0.39, 0.29) is 29.2 Å². The molecule has 1 atom stereocenters. The predicted octanol–water partition coefficient (Wildman–Crippen LogP) is 6.49. The second-order valence-electron chi connectivity index (χ2n) is 9.22. The maximum atomic E-state index is 12.1. The molecule has 0 aromatic heterocycles. The van der Waals surface area contributed by atoms with E-state index in [1.165, 1.54) is 0 Å². The van der Waals surface area contributed by atoms with Gasteiger partial charge < -0.3 is 5.32 Å². The van der Waals surface area contributed by atoms with Gasteiger partial charge in [0.05, 0.1) is 6.42 Å². The summed E-state index contributed by atoms with van der Waals surface area (Å²) in [7, 11) is 0. The van der Waals surface area contributed by atoms with Crippen LogP contribution in [-0.2, 0) is 27.2 Å². The first-order valence-corrected chi connectivity index (χ1v) is 13.0. The number of amides is 1. The van der Waals surface area contributed by atoms with Crippen molar-refractivity contribution >= 4 is 23.3 Å². The molecular weight excluding hydrogens is 438 g/mol. The molecule has 0 aliphatic heterocycles. The summed E-state index contributed by atoms with van der Waals surface area (Å²) in [6.45, 7) is 9.50. The SMILES string of the molecule is CCCC(=O)CCC(C)C(C)=O.CCCC(=O)c1ccc(CC(=O)NC2=CCCC=C2)cc1CC. The molecule has 192 valence electrons. The Labute approximate surface area is 211 Å². The van der Waals surface area contributed by atoms with Gasteiger partial charge in [-0.3, -0.25) is 19.2 Å². The Morgan fingerprint density at radius 1 is 0.971 bits per heavy atom. The molecule has 0 radical (unpaired) electrons. The lowest BCUT2D eigenvalue weighted by atomic mass is 9.96. The lowest BCUT2D eigenvalue weighted by Gasteiger charge is -2.11. The van der Waals surface area contributed by atoms with Crippen LogP contribution in [0.1, 0.15) is 107 Å². The Balaban J connectivity index is 0.000000434. The normalized spacial score (nSPS) is 13.2. The van der Waals surface area contributed by atoms with Crippen LogP contribution in [0.5, 0.6) is 0 Å². The molecule has 1 aliphatic carbocycles. The zero-order valence-electron chi connectivity index (χ0n) is 22.2. The van der Waals surface area contributed by atoms with E-state index in [0.717, 1.165) is 54.5 Å². The maximum absolute atomic E-state index is 12.1. The number of ketones is 3. The summed E-state index contributed by atoms with van der Waals surface area (Å²) in [5.41, 5.74) is 3.67. The van der Waals surface area contributed by atoms with Crippen LogP contribution < -0.4 is 5.32 Å². The van der Waals surface area contributed by atoms with E-state index >= 15 is 0 Å². The molecule has 2 rings (SSSR count). The number of allylic oxidation sites excluding steroid dienone is 3. The minimum Gasteiger partial charge on any atom is -0.326 e. The van der Waals surface area contributed by atoms with Crippen LogP contribution in [0.2, 0.25) is 0 Å². The number of rotatable bonds is 13. The summed E-state index contributed by atoms with van der Waals surface area (Å²) in [6, 6.07) is 5.76. The summed E-state index contributed by atoms with van der Waals surface area (Å²) in [6.07, 6.45) is 13.5. The van der Waals surface area contributed by atoms with Gasteiger partial charge in [-0.15, -0.1) is 0 Å². The maximum Gasteiger partial charge on any atom is 0.228 e. The Morgan fingerprint density at radius 2 is 1.69 bits per heavy atom. The van der Waals surface area contributed by atoms with Gasteiger partial charge in [-0.1, -0.05) is 58.0 Å². The van der Waals surface area contributed by atoms with Gasteiger partial charge in [0, 0.05) is 36.4 Å². The number of Topliss-reactive ketones (excluding diaryl/α,β-unsaturated/α-hetero) is 3. The predicted molar refractivity (Wildman–Crippen MR) is 142 cm³/mol. The zero-order chi connectivity index (χ0) is 26.2. The lowest BCUT2D eigenvalue weighted by molar-refractivity contribution is -0.122. The van der Waals surface area contributed by atoms with Crippen molar-refractivity contribution in [3.63, 3.8) is 0 Å². The largest absolute Gasteiger partial charge is 0.326 e. The third-order valence-electron chi connectivity index (χ3n) is 6.05. The number of aryl methyl sites for hydroxylation is 1. The van der Waals surface area contributed by atoms with Crippen LogP contribution in [0, 0.1) is 5.92 Å². The molecule has 0 spiro atoms. The zero-order valence-corrected chi connectivity index (χ0v) is 22.2. The fourth-order valence-corrected chi connectivity index (χ4v) is 3.76. The highest BCUT2D eigenvalue weighted by atomic mass is 16.2. The van der Waals surface area contributed by atoms with Gasteiger partial charge in [0.1, 0.15) is 11.6 Å². The van der Waals surface area contributed by atoms with E-state index in [0.29, 0.717) is 32.1 Å². The molecule has 35 heavy (non-hydrogen) atoms. The second kappa shape index (κ2) is 16.7. The van der Waals surface area contributed by atoms with E-state index in [9.17, 15) is 19.2 Å². The average Bonchev–Trinajstić information content (AvgIpc) is 2.83. The highest BCUT2D eigenvalue weighted by Crippen LogP contribution is 2.17. The van der Waals surface area contributed by atoms with Gasteiger partial charge in [0.25, 0.3) is 0 Å². The molecule has 1 aromatic carbocycles. The number of carbonyl (C=O) groups is 4. The van der Waals surface area contributed by atoms with E-state index < -0.39 is 0 Å². The molecule has 0 heterocycles. The molecule has 0 fully saturated rings. The van der Waals surface area contributed by atoms with E-state index in [1.807, 2.05) is 58.0 Å². The van der Waals surface area contributed by atoms with Crippen molar-refractivity contribution in [3.05, 3.63) is 58.8 Å². The van der Waals surface area contributed by atoms with Crippen LogP contribution in [-0.4, -0.2) is 23.3 Å². The van der Waals surface area contributed by atoms with Crippen LogP contribution in [0.4, 0.5) is 0 Å².